The van der Waals surface area contributed by atoms with E-state index in [1.54, 1.807) is 0 Å². The maximum absolute atomic E-state index is 11.4. The quantitative estimate of drug-likeness (QED) is 0.498. The third-order valence-electron chi connectivity index (χ3n) is 2.48. The number of hydrogen-bond acceptors (Lipinski definition) is 2. The van der Waals surface area contributed by atoms with Crippen LogP contribution in [0, 0.1) is 0 Å². The van der Waals surface area contributed by atoms with E-state index in [1.807, 2.05) is 6.08 Å². The molecular weight excluding hydrogens is 218 g/mol. The molecule has 0 aromatic carbocycles. The fourth-order valence-electron chi connectivity index (χ4n) is 1.46. The molecule has 0 saturated carbocycles. The lowest BCUT2D eigenvalue weighted by molar-refractivity contribution is -0.141. The number of carboxylic acid groups (broad SMARTS) is 1. The first kappa shape index (κ1) is 15.7. The molecular formula is C13H23NO3. The predicted molar refractivity (Wildman–Crippen MR) is 67.8 cm³/mol. The van der Waals surface area contributed by atoms with Crippen LogP contribution >= 0.6 is 0 Å². The van der Waals surface area contributed by atoms with Crippen molar-refractivity contribution in [1.29, 1.82) is 0 Å². The van der Waals surface area contributed by atoms with Crippen LogP contribution in [-0.2, 0) is 9.59 Å². The molecule has 1 amide bonds. The van der Waals surface area contributed by atoms with Crippen LogP contribution in [0.5, 0.6) is 0 Å². The predicted octanol–water partition coefficient (Wildman–Crippen LogP) is 2.45. The molecule has 1 N–H and O–H groups in total. The molecule has 0 aromatic heterocycles. The summed E-state index contributed by atoms with van der Waals surface area (Å²) in [5.41, 5.74) is 0. The van der Waals surface area contributed by atoms with Gasteiger partial charge in [0.15, 0.2) is 0 Å². The van der Waals surface area contributed by atoms with Crippen LogP contribution in [0.25, 0.3) is 0 Å². The van der Waals surface area contributed by atoms with E-state index in [4.69, 9.17) is 5.11 Å². The van der Waals surface area contributed by atoms with Crippen molar-refractivity contribution >= 4 is 11.9 Å². The lowest BCUT2D eigenvalue weighted by atomic mass is 10.1. The lowest BCUT2D eigenvalue weighted by Crippen LogP contribution is -2.30. The van der Waals surface area contributed by atoms with Crippen LogP contribution in [0.1, 0.15) is 45.4 Å². The number of unbranched alkanes of at least 4 members (excludes halogenated alkanes) is 5. The Morgan fingerprint density at radius 3 is 2.41 bits per heavy atom. The second kappa shape index (κ2) is 9.87. The summed E-state index contributed by atoms with van der Waals surface area (Å²) in [5, 5.41) is 8.51. The van der Waals surface area contributed by atoms with Crippen molar-refractivity contribution in [3.05, 3.63) is 12.2 Å². The van der Waals surface area contributed by atoms with E-state index in [9.17, 15) is 9.59 Å². The van der Waals surface area contributed by atoms with Gasteiger partial charge in [0.1, 0.15) is 6.54 Å². The standard InChI is InChI=1S/C13H23NO3/c1-3-4-5-6-7-8-9-10-12(15)14(2)11-13(16)17/h9-10H,3-8,11H2,1-2H3,(H,16,17)/b10-9+. The summed E-state index contributed by atoms with van der Waals surface area (Å²) in [4.78, 5) is 23.0. The molecule has 4 heteroatoms. The number of hydrogen-bond donors (Lipinski definition) is 1. The second-order valence-electron chi connectivity index (χ2n) is 4.19. The minimum atomic E-state index is -0.992. The zero-order chi connectivity index (χ0) is 13.1. The van der Waals surface area contributed by atoms with E-state index >= 15 is 0 Å². The van der Waals surface area contributed by atoms with E-state index in [1.165, 1.54) is 43.7 Å². The van der Waals surface area contributed by atoms with Crippen LogP contribution in [0.15, 0.2) is 12.2 Å². The van der Waals surface area contributed by atoms with E-state index in [-0.39, 0.29) is 12.5 Å². The summed E-state index contributed by atoms with van der Waals surface area (Å²) in [7, 11) is 1.49. The van der Waals surface area contributed by atoms with Crippen molar-refractivity contribution in [2.45, 2.75) is 45.4 Å². The number of aliphatic carboxylic acids is 1. The third-order valence-corrected chi connectivity index (χ3v) is 2.48. The molecule has 0 aliphatic rings. The highest BCUT2D eigenvalue weighted by atomic mass is 16.4. The molecule has 0 aliphatic heterocycles. The van der Waals surface area contributed by atoms with Gasteiger partial charge in [-0.3, -0.25) is 9.59 Å². The van der Waals surface area contributed by atoms with Gasteiger partial charge in [-0.2, -0.15) is 0 Å². The largest absolute Gasteiger partial charge is 0.480 e. The van der Waals surface area contributed by atoms with Crippen LogP contribution in [0.2, 0.25) is 0 Å². The number of allylic oxidation sites excluding steroid dienone is 1. The number of carbonyl (C=O) groups excluding carboxylic acids is 1. The van der Waals surface area contributed by atoms with Crippen LogP contribution in [0.3, 0.4) is 0 Å². The molecule has 0 radical (unpaired) electrons. The molecule has 98 valence electrons. The van der Waals surface area contributed by atoms with E-state index < -0.39 is 5.97 Å². The number of carboxylic acids is 1. The Labute approximate surface area is 103 Å². The van der Waals surface area contributed by atoms with Crippen molar-refractivity contribution in [3.63, 3.8) is 0 Å². The Bertz CT molecular complexity index is 261. The lowest BCUT2D eigenvalue weighted by Gasteiger charge is -2.11. The molecule has 17 heavy (non-hydrogen) atoms. The van der Waals surface area contributed by atoms with Crippen LogP contribution in [-0.4, -0.2) is 35.5 Å². The fraction of sp³-hybridized carbons (Fsp3) is 0.692. The number of carbonyl (C=O) groups is 2. The zero-order valence-electron chi connectivity index (χ0n) is 10.8. The molecule has 0 heterocycles. The van der Waals surface area contributed by atoms with Crippen molar-refractivity contribution in [2.75, 3.05) is 13.6 Å². The Hall–Kier alpha value is -1.32. The Morgan fingerprint density at radius 1 is 1.18 bits per heavy atom. The van der Waals surface area contributed by atoms with E-state index in [2.05, 4.69) is 6.92 Å². The molecule has 0 fully saturated rings. The summed E-state index contributed by atoms with van der Waals surface area (Å²) in [6.45, 7) is 1.93. The Balaban J connectivity index is 3.62. The first-order valence-electron chi connectivity index (χ1n) is 6.21. The number of nitrogens with zero attached hydrogens (tertiary/aromatic N) is 1. The van der Waals surface area contributed by atoms with Gasteiger partial charge in [-0.05, 0) is 18.9 Å². The molecule has 0 spiro atoms. The first-order valence-corrected chi connectivity index (χ1v) is 6.21. The highest BCUT2D eigenvalue weighted by Gasteiger charge is 2.07. The molecule has 0 unspecified atom stereocenters. The maximum atomic E-state index is 11.4. The summed E-state index contributed by atoms with van der Waals surface area (Å²) < 4.78 is 0. The minimum Gasteiger partial charge on any atom is -0.480 e. The maximum Gasteiger partial charge on any atom is 0.323 e. The van der Waals surface area contributed by atoms with Crippen LogP contribution < -0.4 is 0 Å². The van der Waals surface area contributed by atoms with Gasteiger partial charge in [0.25, 0.3) is 0 Å². The normalized spacial score (nSPS) is 10.7. The number of amides is 1. The van der Waals surface area contributed by atoms with Gasteiger partial charge in [-0.15, -0.1) is 0 Å². The average Bonchev–Trinajstić information content (AvgIpc) is 2.26. The van der Waals surface area contributed by atoms with Gasteiger partial charge in [-0.25, -0.2) is 0 Å². The first-order chi connectivity index (χ1) is 8.07. The molecule has 4 nitrogen and oxygen atoms in total. The molecule has 0 saturated heterocycles. The van der Waals surface area contributed by atoms with Gasteiger partial charge in [0.05, 0.1) is 0 Å². The smallest absolute Gasteiger partial charge is 0.323 e. The Kier molecular flexibility index (Phi) is 9.11. The SMILES string of the molecule is CCCCCCC/C=C/C(=O)N(C)CC(=O)O. The van der Waals surface area contributed by atoms with Crippen LogP contribution in [0.4, 0.5) is 0 Å². The van der Waals surface area contributed by atoms with Crippen molar-refractivity contribution < 1.29 is 14.7 Å². The third kappa shape index (κ3) is 9.60. The summed E-state index contributed by atoms with van der Waals surface area (Å²) >= 11 is 0. The van der Waals surface area contributed by atoms with Gasteiger partial charge < -0.3 is 10.0 Å². The topological polar surface area (TPSA) is 57.6 Å². The molecule has 0 atom stereocenters. The second-order valence-corrected chi connectivity index (χ2v) is 4.19. The van der Waals surface area contributed by atoms with Crippen molar-refractivity contribution in [1.82, 2.24) is 4.90 Å². The number of rotatable bonds is 9. The molecule has 0 rings (SSSR count). The average molecular weight is 241 g/mol. The van der Waals surface area contributed by atoms with Gasteiger partial charge in [0, 0.05) is 7.05 Å². The van der Waals surface area contributed by atoms with E-state index in [0.717, 1.165) is 12.8 Å². The van der Waals surface area contributed by atoms with E-state index in [0.29, 0.717) is 0 Å². The zero-order valence-corrected chi connectivity index (χ0v) is 10.8. The fourth-order valence-corrected chi connectivity index (χ4v) is 1.46. The molecule has 0 aromatic rings. The van der Waals surface area contributed by atoms with Gasteiger partial charge in [0.2, 0.25) is 5.91 Å². The van der Waals surface area contributed by atoms with Crippen molar-refractivity contribution in [2.24, 2.45) is 0 Å². The van der Waals surface area contributed by atoms with Crippen molar-refractivity contribution in [3.8, 4) is 0 Å². The molecule has 0 aliphatic carbocycles. The number of likely N-dealkylation sites (N-methyl/N-ethyl adjacent to an activating group) is 1. The summed E-state index contributed by atoms with van der Waals surface area (Å²) in [6.07, 6.45) is 10.2. The summed E-state index contributed by atoms with van der Waals surface area (Å²) in [5.74, 6) is -1.24. The minimum absolute atomic E-state index is 0.249. The van der Waals surface area contributed by atoms with Gasteiger partial charge >= 0.3 is 5.97 Å². The highest BCUT2D eigenvalue weighted by molar-refractivity contribution is 5.89. The molecule has 0 bridgehead atoms. The van der Waals surface area contributed by atoms with Gasteiger partial charge in [-0.1, -0.05) is 38.7 Å². The Morgan fingerprint density at radius 2 is 1.82 bits per heavy atom. The monoisotopic (exact) mass is 241 g/mol. The summed E-state index contributed by atoms with van der Waals surface area (Å²) in [6, 6.07) is 0. The highest BCUT2D eigenvalue weighted by Crippen LogP contribution is 2.05.